The molecular weight excluding hydrogens is 269 g/mol. The molecular formula is C16H22FN3O. The monoisotopic (exact) mass is 291 g/mol. The molecule has 5 heteroatoms. The third-order valence-electron chi connectivity index (χ3n) is 3.85. The summed E-state index contributed by atoms with van der Waals surface area (Å²) in [4.78, 5) is 6.88. The van der Waals surface area contributed by atoms with Gasteiger partial charge in [-0.3, -0.25) is 0 Å². The Labute approximate surface area is 124 Å². The van der Waals surface area contributed by atoms with Crippen LogP contribution >= 0.6 is 0 Å². The first-order valence-electron chi connectivity index (χ1n) is 7.48. The highest BCUT2D eigenvalue weighted by atomic mass is 19.1. The highest BCUT2D eigenvalue weighted by Gasteiger charge is 2.27. The lowest BCUT2D eigenvalue weighted by Crippen LogP contribution is -2.48. The number of likely N-dealkylation sites (tertiary alicyclic amines) is 1. The molecule has 2 N–H and O–H groups in total. The molecule has 1 atom stereocenters. The summed E-state index contributed by atoms with van der Waals surface area (Å²) in [7, 11) is 0. The molecule has 1 aliphatic rings. The Morgan fingerprint density at radius 3 is 3.05 bits per heavy atom. The molecule has 1 unspecified atom stereocenters. The maximum absolute atomic E-state index is 13.2. The molecule has 1 aliphatic heterocycles. The Morgan fingerprint density at radius 1 is 1.48 bits per heavy atom. The van der Waals surface area contributed by atoms with Crippen molar-refractivity contribution in [2.24, 2.45) is 5.73 Å². The zero-order valence-corrected chi connectivity index (χ0v) is 12.6. The predicted molar refractivity (Wildman–Crippen MR) is 80.6 cm³/mol. The number of piperidine rings is 1. The van der Waals surface area contributed by atoms with Crippen LogP contribution in [0.5, 0.6) is 0 Å². The van der Waals surface area contributed by atoms with Gasteiger partial charge in [0.25, 0.3) is 0 Å². The van der Waals surface area contributed by atoms with Crippen LogP contribution < -0.4 is 5.73 Å². The van der Waals surface area contributed by atoms with Gasteiger partial charge in [-0.25, -0.2) is 9.37 Å². The Hall–Kier alpha value is -1.46. The highest BCUT2D eigenvalue weighted by Crippen LogP contribution is 2.29. The van der Waals surface area contributed by atoms with Crippen LogP contribution in [0.25, 0.3) is 11.1 Å². The van der Waals surface area contributed by atoms with E-state index in [1.54, 1.807) is 6.07 Å². The highest BCUT2D eigenvalue weighted by molar-refractivity contribution is 5.72. The number of benzene rings is 1. The molecule has 1 fully saturated rings. The second-order valence-corrected chi connectivity index (χ2v) is 6.73. The van der Waals surface area contributed by atoms with Gasteiger partial charge in [-0.15, -0.1) is 0 Å². The standard InChI is InChI=1S/C16H22FN3O/c1-16(2,18)10-20-7-3-4-11(9-20)15-19-13-6-5-12(17)8-14(13)21-15/h5-6,8,11H,3-4,7,9-10,18H2,1-2H3. The van der Waals surface area contributed by atoms with E-state index in [2.05, 4.69) is 9.88 Å². The third-order valence-corrected chi connectivity index (χ3v) is 3.85. The molecule has 1 aromatic heterocycles. The number of halogens is 1. The van der Waals surface area contributed by atoms with E-state index in [4.69, 9.17) is 10.2 Å². The fourth-order valence-corrected chi connectivity index (χ4v) is 3.07. The Balaban J connectivity index is 1.78. The zero-order chi connectivity index (χ0) is 15.0. The lowest BCUT2D eigenvalue weighted by Gasteiger charge is -2.35. The number of rotatable bonds is 3. The third kappa shape index (κ3) is 3.41. The maximum atomic E-state index is 13.2. The topological polar surface area (TPSA) is 55.3 Å². The van der Waals surface area contributed by atoms with Crippen LogP contribution in [0.15, 0.2) is 22.6 Å². The van der Waals surface area contributed by atoms with Gasteiger partial charge in [-0.2, -0.15) is 0 Å². The van der Waals surface area contributed by atoms with Crippen molar-refractivity contribution in [1.82, 2.24) is 9.88 Å². The summed E-state index contributed by atoms with van der Waals surface area (Å²) >= 11 is 0. The molecule has 21 heavy (non-hydrogen) atoms. The lowest BCUT2D eigenvalue weighted by atomic mass is 9.96. The second-order valence-electron chi connectivity index (χ2n) is 6.73. The van der Waals surface area contributed by atoms with Gasteiger partial charge in [0.1, 0.15) is 11.3 Å². The van der Waals surface area contributed by atoms with Gasteiger partial charge in [-0.1, -0.05) is 0 Å². The molecule has 2 aromatic rings. The number of fused-ring (bicyclic) bond motifs is 1. The fraction of sp³-hybridized carbons (Fsp3) is 0.562. The average Bonchev–Trinajstić information content (AvgIpc) is 2.80. The molecule has 0 spiro atoms. The van der Waals surface area contributed by atoms with Crippen LogP contribution in [0.1, 0.15) is 38.5 Å². The summed E-state index contributed by atoms with van der Waals surface area (Å²) in [5, 5.41) is 0. The number of aromatic nitrogens is 1. The number of nitrogens with two attached hydrogens (primary N) is 1. The van der Waals surface area contributed by atoms with E-state index in [1.807, 2.05) is 13.8 Å². The first-order chi connectivity index (χ1) is 9.90. The molecule has 3 rings (SSSR count). The normalized spacial score (nSPS) is 21.0. The average molecular weight is 291 g/mol. The molecule has 4 nitrogen and oxygen atoms in total. The van der Waals surface area contributed by atoms with Crippen molar-refractivity contribution < 1.29 is 8.81 Å². The second kappa shape index (κ2) is 5.39. The van der Waals surface area contributed by atoms with Gasteiger partial charge in [-0.05, 0) is 45.4 Å². The van der Waals surface area contributed by atoms with E-state index in [0.717, 1.165) is 43.9 Å². The predicted octanol–water partition coefficient (Wildman–Crippen LogP) is 2.88. The van der Waals surface area contributed by atoms with Crippen LogP contribution in [-0.2, 0) is 0 Å². The van der Waals surface area contributed by atoms with Crippen molar-refractivity contribution in [2.75, 3.05) is 19.6 Å². The number of hydrogen-bond acceptors (Lipinski definition) is 4. The van der Waals surface area contributed by atoms with E-state index in [1.165, 1.54) is 12.1 Å². The van der Waals surface area contributed by atoms with E-state index in [9.17, 15) is 4.39 Å². The Morgan fingerprint density at radius 2 is 2.29 bits per heavy atom. The van der Waals surface area contributed by atoms with Crippen molar-refractivity contribution >= 4 is 11.1 Å². The van der Waals surface area contributed by atoms with Gasteiger partial charge in [0, 0.05) is 30.6 Å². The van der Waals surface area contributed by atoms with Crippen LogP contribution in [0.3, 0.4) is 0 Å². The van der Waals surface area contributed by atoms with Crippen molar-refractivity contribution in [3.63, 3.8) is 0 Å². The summed E-state index contributed by atoms with van der Waals surface area (Å²) in [5.41, 5.74) is 7.16. The summed E-state index contributed by atoms with van der Waals surface area (Å²) in [5.74, 6) is 0.687. The van der Waals surface area contributed by atoms with Crippen LogP contribution in [0.4, 0.5) is 4.39 Å². The van der Waals surface area contributed by atoms with Crippen LogP contribution in [0.2, 0.25) is 0 Å². The van der Waals surface area contributed by atoms with Crippen molar-refractivity contribution in [3.05, 3.63) is 29.9 Å². The fourth-order valence-electron chi connectivity index (χ4n) is 3.07. The number of nitrogens with zero attached hydrogens (tertiary/aromatic N) is 2. The summed E-state index contributed by atoms with van der Waals surface area (Å²) in [6, 6.07) is 4.48. The van der Waals surface area contributed by atoms with Crippen molar-refractivity contribution in [1.29, 1.82) is 0 Å². The quantitative estimate of drug-likeness (QED) is 0.944. The summed E-state index contributed by atoms with van der Waals surface area (Å²) < 4.78 is 19.0. The molecule has 1 saturated heterocycles. The Kier molecular flexibility index (Phi) is 3.71. The van der Waals surface area contributed by atoms with Gasteiger partial charge < -0.3 is 15.1 Å². The molecule has 0 aliphatic carbocycles. The smallest absolute Gasteiger partial charge is 0.199 e. The first-order valence-corrected chi connectivity index (χ1v) is 7.48. The van der Waals surface area contributed by atoms with E-state index >= 15 is 0 Å². The number of hydrogen-bond donors (Lipinski definition) is 1. The first kappa shape index (κ1) is 14.5. The van der Waals surface area contributed by atoms with Gasteiger partial charge in [0.15, 0.2) is 11.5 Å². The van der Waals surface area contributed by atoms with E-state index < -0.39 is 0 Å². The minimum absolute atomic E-state index is 0.202. The molecule has 114 valence electrons. The summed E-state index contributed by atoms with van der Waals surface area (Å²) in [6.45, 7) is 6.90. The molecule has 1 aromatic carbocycles. The summed E-state index contributed by atoms with van der Waals surface area (Å²) in [6.07, 6.45) is 2.16. The van der Waals surface area contributed by atoms with Gasteiger partial charge in [0.2, 0.25) is 0 Å². The van der Waals surface area contributed by atoms with Crippen LogP contribution in [-0.4, -0.2) is 35.1 Å². The minimum Gasteiger partial charge on any atom is -0.440 e. The molecule has 0 bridgehead atoms. The van der Waals surface area contributed by atoms with Crippen molar-refractivity contribution in [3.8, 4) is 0 Å². The van der Waals surface area contributed by atoms with Gasteiger partial charge >= 0.3 is 0 Å². The van der Waals surface area contributed by atoms with Gasteiger partial charge in [0.05, 0.1) is 0 Å². The largest absolute Gasteiger partial charge is 0.440 e. The molecule has 0 saturated carbocycles. The number of oxazole rings is 1. The molecule has 0 amide bonds. The maximum Gasteiger partial charge on any atom is 0.199 e. The lowest BCUT2D eigenvalue weighted by molar-refractivity contribution is 0.166. The minimum atomic E-state index is -0.291. The van der Waals surface area contributed by atoms with Crippen molar-refractivity contribution in [2.45, 2.75) is 38.1 Å². The molecule has 0 radical (unpaired) electrons. The van der Waals surface area contributed by atoms with Crippen LogP contribution in [0, 0.1) is 5.82 Å². The zero-order valence-electron chi connectivity index (χ0n) is 12.6. The molecule has 2 heterocycles. The Bertz CT molecular complexity index is 632. The van der Waals surface area contributed by atoms with E-state index in [-0.39, 0.29) is 17.3 Å². The SMILES string of the molecule is CC(C)(N)CN1CCCC(c2nc3ccc(F)cc3o2)C1. The van der Waals surface area contributed by atoms with E-state index in [0.29, 0.717) is 5.58 Å².